The van der Waals surface area contributed by atoms with E-state index in [1.165, 1.54) is 18.5 Å². The van der Waals surface area contributed by atoms with Crippen LogP contribution in [0.1, 0.15) is 18.5 Å². The van der Waals surface area contributed by atoms with Gasteiger partial charge in [-0.2, -0.15) is 5.10 Å². The van der Waals surface area contributed by atoms with Crippen molar-refractivity contribution in [2.45, 2.75) is 25.4 Å². The van der Waals surface area contributed by atoms with Gasteiger partial charge in [0.25, 0.3) is 0 Å². The Morgan fingerprint density at radius 3 is 2.83 bits per heavy atom. The fourth-order valence-electron chi connectivity index (χ4n) is 4.23. The number of hydrogen-bond donors (Lipinski definition) is 1. The minimum atomic E-state index is 0. The van der Waals surface area contributed by atoms with Crippen LogP contribution in [-0.4, -0.2) is 40.9 Å². The summed E-state index contributed by atoms with van der Waals surface area (Å²) in [6.45, 7) is 3.19. The Balaban J connectivity index is 0.00000169. The van der Waals surface area contributed by atoms with Crippen LogP contribution in [0.3, 0.4) is 0 Å². The normalized spacial score (nSPS) is 26.2. The van der Waals surface area contributed by atoms with Gasteiger partial charge < -0.3 is 10.5 Å². The summed E-state index contributed by atoms with van der Waals surface area (Å²) >= 11 is 0. The second-order valence-electron chi connectivity index (χ2n) is 6.77. The summed E-state index contributed by atoms with van der Waals surface area (Å²) in [7, 11) is 1.70. The highest BCUT2D eigenvalue weighted by atomic mass is 35.5. The minimum absolute atomic E-state index is 0. The zero-order chi connectivity index (χ0) is 15.8. The van der Waals surface area contributed by atoms with E-state index < -0.39 is 0 Å². The Bertz CT molecular complexity index is 689. The van der Waals surface area contributed by atoms with Crippen molar-refractivity contribution in [1.29, 1.82) is 0 Å². The van der Waals surface area contributed by atoms with Gasteiger partial charge in [-0.15, -0.1) is 12.4 Å². The van der Waals surface area contributed by atoms with Gasteiger partial charge in [0, 0.05) is 31.9 Å². The molecular formula is C18H25ClN4O. The lowest BCUT2D eigenvalue weighted by Crippen LogP contribution is -2.30. The van der Waals surface area contributed by atoms with Crippen LogP contribution < -0.4 is 10.5 Å². The lowest BCUT2D eigenvalue weighted by molar-refractivity contribution is 0.292. The average molecular weight is 349 g/mol. The molecule has 4 rings (SSSR count). The number of likely N-dealkylation sites (tertiary alicyclic amines) is 1. The molecule has 1 aliphatic heterocycles. The Kier molecular flexibility index (Phi) is 5.13. The van der Waals surface area contributed by atoms with Crippen molar-refractivity contribution in [3.05, 3.63) is 42.2 Å². The lowest BCUT2D eigenvalue weighted by Gasteiger charge is -2.19. The molecule has 2 fully saturated rings. The van der Waals surface area contributed by atoms with E-state index in [0.29, 0.717) is 12.0 Å². The lowest BCUT2D eigenvalue weighted by atomic mass is 9.98. The van der Waals surface area contributed by atoms with Gasteiger partial charge >= 0.3 is 0 Å². The monoisotopic (exact) mass is 348 g/mol. The van der Waals surface area contributed by atoms with E-state index in [9.17, 15) is 0 Å². The quantitative estimate of drug-likeness (QED) is 0.922. The highest BCUT2D eigenvalue weighted by Crippen LogP contribution is 2.37. The zero-order valence-electron chi connectivity index (χ0n) is 14.0. The van der Waals surface area contributed by atoms with Crippen LogP contribution in [0.15, 0.2) is 36.5 Å². The molecule has 2 aromatic rings. The van der Waals surface area contributed by atoms with E-state index in [4.69, 9.17) is 10.5 Å². The van der Waals surface area contributed by atoms with Crippen LogP contribution in [0.25, 0.3) is 5.69 Å². The van der Waals surface area contributed by atoms with Gasteiger partial charge in [-0.3, -0.25) is 4.90 Å². The maximum Gasteiger partial charge on any atom is 0.144 e. The van der Waals surface area contributed by atoms with E-state index in [1.807, 2.05) is 35.1 Å². The fraction of sp³-hybridized carbons (Fsp3) is 0.500. The molecule has 6 heteroatoms. The molecule has 3 unspecified atom stereocenters. The summed E-state index contributed by atoms with van der Waals surface area (Å²) < 4.78 is 7.47. The number of nitrogens with two attached hydrogens (primary N) is 1. The summed E-state index contributed by atoms with van der Waals surface area (Å²) in [5.74, 6) is 2.31. The molecule has 0 bridgehead atoms. The standard InChI is InChI=1S/C18H24N4O.ClH/c1-23-18-5-3-2-4-17(18)22-14(8-9-20-22)11-21-10-13-6-7-16(19)15(13)12-21;/h2-5,8-9,13,15-16H,6-7,10-12,19H2,1H3;1H. The summed E-state index contributed by atoms with van der Waals surface area (Å²) in [6.07, 6.45) is 4.35. The average Bonchev–Trinajstić information content (AvgIpc) is 3.26. The van der Waals surface area contributed by atoms with Gasteiger partial charge in [0.2, 0.25) is 0 Å². The van der Waals surface area contributed by atoms with Crippen molar-refractivity contribution in [2.75, 3.05) is 20.2 Å². The van der Waals surface area contributed by atoms with Crippen molar-refractivity contribution in [3.63, 3.8) is 0 Å². The first-order chi connectivity index (χ1) is 11.3. The number of aromatic nitrogens is 2. The SMILES string of the molecule is COc1ccccc1-n1nccc1CN1CC2CCC(N)C2C1.Cl. The Morgan fingerprint density at radius 2 is 2.04 bits per heavy atom. The van der Waals surface area contributed by atoms with Gasteiger partial charge in [-0.25, -0.2) is 4.68 Å². The number of para-hydroxylation sites is 2. The number of nitrogens with zero attached hydrogens (tertiary/aromatic N) is 3. The first-order valence-corrected chi connectivity index (χ1v) is 8.40. The molecule has 0 radical (unpaired) electrons. The van der Waals surface area contributed by atoms with Crippen molar-refractivity contribution >= 4 is 12.4 Å². The molecule has 3 atom stereocenters. The van der Waals surface area contributed by atoms with Gasteiger partial charge in [-0.05, 0) is 42.9 Å². The molecule has 1 aromatic carbocycles. The fourth-order valence-corrected chi connectivity index (χ4v) is 4.23. The van der Waals surface area contributed by atoms with Crippen LogP contribution in [0.4, 0.5) is 0 Å². The Hall–Kier alpha value is -1.56. The molecule has 0 spiro atoms. The van der Waals surface area contributed by atoms with E-state index in [2.05, 4.69) is 16.1 Å². The number of rotatable bonds is 4. The van der Waals surface area contributed by atoms with E-state index >= 15 is 0 Å². The maximum absolute atomic E-state index is 6.25. The van der Waals surface area contributed by atoms with Crippen molar-refractivity contribution in [2.24, 2.45) is 17.6 Å². The summed E-state index contributed by atoms with van der Waals surface area (Å²) in [5.41, 5.74) is 8.44. The van der Waals surface area contributed by atoms with E-state index in [1.54, 1.807) is 7.11 Å². The zero-order valence-corrected chi connectivity index (χ0v) is 14.8. The van der Waals surface area contributed by atoms with Crippen molar-refractivity contribution in [1.82, 2.24) is 14.7 Å². The molecule has 24 heavy (non-hydrogen) atoms. The third kappa shape index (κ3) is 3.04. The first kappa shape index (κ1) is 17.3. The van der Waals surface area contributed by atoms with Gasteiger partial charge in [0.1, 0.15) is 11.4 Å². The molecular weight excluding hydrogens is 324 g/mol. The molecule has 5 nitrogen and oxygen atoms in total. The van der Waals surface area contributed by atoms with Gasteiger partial charge in [-0.1, -0.05) is 12.1 Å². The van der Waals surface area contributed by atoms with Crippen LogP contribution in [-0.2, 0) is 6.54 Å². The van der Waals surface area contributed by atoms with Crippen LogP contribution >= 0.6 is 12.4 Å². The van der Waals surface area contributed by atoms with Crippen molar-refractivity contribution in [3.8, 4) is 11.4 Å². The van der Waals surface area contributed by atoms with Gasteiger partial charge in [0.15, 0.2) is 0 Å². The predicted molar refractivity (Wildman–Crippen MR) is 96.8 cm³/mol. The van der Waals surface area contributed by atoms with Crippen molar-refractivity contribution < 1.29 is 4.74 Å². The summed E-state index contributed by atoms with van der Waals surface area (Å²) in [6, 6.07) is 10.5. The second-order valence-corrected chi connectivity index (χ2v) is 6.77. The summed E-state index contributed by atoms with van der Waals surface area (Å²) in [4.78, 5) is 2.53. The number of halogens is 1. The second kappa shape index (κ2) is 7.13. The molecule has 1 saturated heterocycles. The third-order valence-electron chi connectivity index (χ3n) is 5.41. The number of methoxy groups -OCH3 is 1. The minimum Gasteiger partial charge on any atom is -0.494 e. The molecule has 2 N–H and O–H groups in total. The number of benzene rings is 1. The maximum atomic E-state index is 6.25. The molecule has 2 aliphatic rings. The topological polar surface area (TPSA) is 56.3 Å². The third-order valence-corrected chi connectivity index (χ3v) is 5.41. The van der Waals surface area contributed by atoms with Crippen LogP contribution in [0.5, 0.6) is 5.75 Å². The number of hydrogen-bond acceptors (Lipinski definition) is 4. The molecule has 1 aromatic heterocycles. The predicted octanol–water partition coefficient (Wildman–Crippen LogP) is 2.47. The number of ether oxygens (including phenoxy) is 1. The number of fused-ring (bicyclic) bond motifs is 1. The highest BCUT2D eigenvalue weighted by molar-refractivity contribution is 5.85. The first-order valence-electron chi connectivity index (χ1n) is 8.40. The molecule has 130 valence electrons. The largest absolute Gasteiger partial charge is 0.494 e. The van der Waals surface area contributed by atoms with Gasteiger partial charge in [0.05, 0.1) is 12.8 Å². The molecule has 1 aliphatic carbocycles. The van der Waals surface area contributed by atoms with E-state index in [0.717, 1.165) is 37.0 Å². The molecule has 0 amide bonds. The van der Waals surface area contributed by atoms with Crippen LogP contribution in [0, 0.1) is 11.8 Å². The molecule has 1 saturated carbocycles. The van der Waals surface area contributed by atoms with Crippen LogP contribution in [0.2, 0.25) is 0 Å². The summed E-state index contributed by atoms with van der Waals surface area (Å²) in [5, 5.41) is 4.51. The highest BCUT2D eigenvalue weighted by Gasteiger charge is 2.40. The van der Waals surface area contributed by atoms with E-state index in [-0.39, 0.29) is 12.4 Å². The Labute approximate surface area is 149 Å². The smallest absolute Gasteiger partial charge is 0.144 e. The Morgan fingerprint density at radius 1 is 1.21 bits per heavy atom. The molecule has 2 heterocycles.